The van der Waals surface area contributed by atoms with Gasteiger partial charge in [0.25, 0.3) is 0 Å². The summed E-state index contributed by atoms with van der Waals surface area (Å²) in [5, 5.41) is 33.8. The normalized spacial score (nSPS) is 41.7. The van der Waals surface area contributed by atoms with Crippen LogP contribution >= 0.6 is 11.8 Å². The number of nitrogens with zero attached hydrogens (tertiary/aromatic N) is 1. The molecule has 6 atom stereocenters. The van der Waals surface area contributed by atoms with Gasteiger partial charge < -0.3 is 25.4 Å². The van der Waals surface area contributed by atoms with Crippen LogP contribution in [0.1, 0.15) is 13.3 Å². The molecule has 0 aromatic heterocycles. The highest BCUT2D eigenvalue weighted by Gasteiger charge is 2.50. The maximum Gasteiger partial charge on any atom is 0.159 e. The summed E-state index contributed by atoms with van der Waals surface area (Å²) in [6.07, 6.45) is -1.96. The highest BCUT2D eigenvalue weighted by Crippen LogP contribution is 2.35. The standard InChI is InChI=1S/C12H20N2O4S/c1-3-5-6(15)10-9(17)8(16)7-11(18-10)19-12(14-7)13-4-2/h3,6-11,15-17H,1,4-5H2,2H3,(H,13,14)/t6-,7-,8-,9+,10-,11-/m1/s1. The van der Waals surface area contributed by atoms with Crippen LogP contribution in [-0.2, 0) is 4.74 Å². The number of ether oxygens (including phenoxy) is 1. The largest absolute Gasteiger partial charge is 0.390 e. The Kier molecular flexibility index (Phi) is 4.86. The fourth-order valence-electron chi connectivity index (χ4n) is 2.28. The van der Waals surface area contributed by atoms with Crippen LogP contribution in [0.2, 0.25) is 0 Å². The smallest absolute Gasteiger partial charge is 0.159 e. The first-order chi connectivity index (χ1) is 9.08. The van der Waals surface area contributed by atoms with Crippen molar-refractivity contribution in [2.75, 3.05) is 6.54 Å². The Morgan fingerprint density at radius 2 is 2.26 bits per heavy atom. The van der Waals surface area contributed by atoms with Gasteiger partial charge in [0.05, 0.1) is 12.1 Å². The molecule has 0 amide bonds. The molecule has 0 saturated carbocycles. The number of rotatable bonds is 4. The number of nitrogens with one attached hydrogen (secondary N) is 1. The summed E-state index contributed by atoms with van der Waals surface area (Å²) in [6, 6.07) is -0.405. The zero-order valence-electron chi connectivity index (χ0n) is 10.8. The van der Waals surface area contributed by atoms with Gasteiger partial charge in [-0.05, 0) is 13.3 Å². The van der Waals surface area contributed by atoms with Gasteiger partial charge in [-0.1, -0.05) is 17.8 Å². The highest BCUT2D eigenvalue weighted by atomic mass is 32.2. The number of aliphatic hydroxyl groups is 3. The summed E-state index contributed by atoms with van der Waals surface area (Å²) >= 11 is 1.37. The van der Waals surface area contributed by atoms with Crippen molar-refractivity contribution < 1.29 is 20.1 Å². The number of aliphatic imine (C=N–C) groups is 1. The van der Waals surface area contributed by atoms with Gasteiger partial charge in [0, 0.05) is 6.54 Å². The van der Waals surface area contributed by atoms with E-state index < -0.39 is 30.5 Å². The lowest BCUT2D eigenvalue weighted by atomic mass is 9.93. The van der Waals surface area contributed by atoms with Crippen LogP contribution in [0.15, 0.2) is 17.6 Å². The number of thioether (sulfide) groups is 1. The van der Waals surface area contributed by atoms with Crippen molar-refractivity contribution in [3.8, 4) is 0 Å². The lowest BCUT2D eigenvalue weighted by Crippen LogP contribution is -2.61. The lowest BCUT2D eigenvalue weighted by molar-refractivity contribution is -0.186. The number of hydrogen-bond donors (Lipinski definition) is 4. The minimum atomic E-state index is -1.13. The first-order valence-corrected chi connectivity index (χ1v) is 7.24. The summed E-state index contributed by atoms with van der Waals surface area (Å²) in [4.78, 5) is 4.23. The molecule has 2 fully saturated rings. The summed E-state index contributed by atoms with van der Waals surface area (Å²) in [6.45, 7) is 6.10. The Labute approximate surface area is 116 Å². The molecule has 0 aliphatic carbocycles. The van der Waals surface area contributed by atoms with E-state index in [9.17, 15) is 15.3 Å². The molecule has 6 nitrogen and oxygen atoms in total. The van der Waals surface area contributed by atoms with Gasteiger partial charge >= 0.3 is 0 Å². The van der Waals surface area contributed by atoms with E-state index in [2.05, 4.69) is 16.9 Å². The Morgan fingerprint density at radius 3 is 2.89 bits per heavy atom. The van der Waals surface area contributed by atoms with E-state index in [1.54, 1.807) is 6.08 Å². The van der Waals surface area contributed by atoms with E-state index in [-0.39, 0.29) is 5.44 Å². The number of amidine groups is 1. The monoisotopic (exact) mass is 288 g/mol. The molecule has 0 bridgehead atoms. The second kappa shape index (κ2) is 6.23. The molecular formula is C12H20N2O4S. The number of fused-ring (bicyclic) bond motifs is 1. The van der Waals surface area contributed by atoms with Crippen LogP contribution in [-0.4, -0.2) is 62.9 Å². The fraction of sp³-hybridized carbons (Fsp3) is 0.750. The quantitative estimate of drug-likeness (QED) is 0.519. The zero-order chi connectivity index (χ0) is 14.0. The molecule has 0 spiro atoms. The lowest BCUT2D eigenvalue weighted by Gasteiger charge is -2.40. The van der Waals surface area contributed by atoms with Crippen LogP contribution in [0.25, 0.3) is 0 Å². The SMILES string of the molecule is C=CC[C@@H](O)[C@H]1O[C@@H]2SC(=NCC)N[C@@H]2[C@@H](O)[C@@H]1O. The van der Waals surface area contributed by atoms with Crippen molar-refractivity contribution in [1.82, 2.24) is 5.32 Å². The molecule has 2 heterocycles. The average molecular weight is 288 g/mol. The van der Waals surface area contributed by atoms with Gasteiger partial charge in [-0.25, -0.2) is 0 Å². The highest BCUT2D eigenvalue weighted by molar-refractivity contribution is 8.14. The van der Waals surface area contributed by atoms with Crippen LogP contribution in [0.3, 0.4) is 0 Å². The first kappa shape index (κ1) is 14.8. The minimum Gasteiger partial charge on any atom is -0.390 e. The summed E-state index contributed by atoms with van der Waals surface area (Å²) in [5.74, 6) is 0. The van der Waals surface area contributed by atoms with E-state index in [0.717, 1.165) is 0 Å². The number of hydrogen-bond acceptors (Lipinski definition) is 6. The van der Waals surface area contributed by atoms with E-state index in [1.165, 1.54) is 11.8 Å². The second-order valence-electron chi connectivity index (χ2n) is 4.61. The third kappa shape index (κ3) is 2.95. The Morgan fingerprint density at radius 1 is 1.53 bits per heavy atom. The van der Waals surface area contributed by atoms with Crippen molar-refractivity contribution >= 4 is 16.9 Å². The third-order valence-electron chi connectivity index (χ3n) is 3.25. The minimum absolute atomic E-state index is 0.305. The summed E-state index contributed by atoms with van der Waals surface area (Å²) in [5.41, 5.74) is -0.354. The van der Waals surface area contributed by atoms with Crippen LogP contribution in [0, 0.1) is 0 Å². The van der Waals surface area contributed by atoms with Crippen molar-refractivity contribution in [3.63, 3.8) is 0 Å². The van der Waals surface area contributed by atoms with Crippen molar-refractivity contribution in [2.24, 2.45) is 4.99 Å². The molecule has 4 N–H and O–H groups in total. The predicted octanol–water partition coefficient (Wildman–Crippen LogP) is -0.549. The molecule has 2 saturated heterocycles. The average Bonchev–Trinajstić information content (AvgIpc) is 2.77. The molecular weight excluding hydrogens is 268 g/mol. The van der Waals surface area contributed by atoms with Gasteiger partial charge in [0.1, 0.15) is 23.7 Å². The molecule has 19 heavy (non-hydrogen) atoms. The zero-order valence-corrected chi connectivity index (χ0v) is 11.6. The van der Waals surface area contributed by atoms with Gasteiger partial charge in [0.15, 0.2) is 5.17 Å². The molecule has 0 unspecified atom stereocenters. The van der Waals surface area contributed by atoms with Crippen LogP contribution < -0.4 is 5.32 Å². The van der Waals surface area contributed by atoms with E-state index >= 15 is 0 Å². The van der Waals surface area contributed by atoms with Crippen LogP contribution in [0.5, 0.6) is 0 Å². The molecule has 0 radical (unpaired) electrons. The molecule has 0 aromatic carbocycles. The van der Waals surface area contributed by atoms with Crippen LogP contribution in [0.4, 0.5) is 0 Å². The maximum atomic E-state index is 10.1. The van der Waals surface area contributed by atoms with Crippen molar-refractivity contribution in [2.45, 2.75) is 49.2 Å². The van der Waals surface area contributed by atoms with E-state index in [0.29, 0.717) is 18.1 Å². The molecule has 0 aromatic rings. The number of aliphatic hydroxyl groups excluding tert-OH is 3. The van der Waals surface area contributed by atoms with Gasteiger partial charge in [0.2, 0.25) is 0 Å². The first-order valence-electron chi connectivity index (χ1n) is 6.36. The topological polar surface area (TPSA) is 94.3 Å². The molecule has 2 aliphatic rings. The second-order valence-corrected chi connectivity index (χ2v) is 5.70. The Bertz CT molecular complexity index is 366. The maximum absolute atomic E-state index is 10.1. The van der Waals surface area contributed by atoms with Gasteiger partial charge in [-0.3, -0.25) is 4.99 Å². The Balaban J connectivity index is 2.10. The predicted molar refractivity (Wildman–Crippen MR) is 74.0 cm³/mol. The van der Waals surface area contributed by atoms with Gasteiger partial charge in [-0.15, -0.1) is 6.58 Å². The van der Waals surface area contributed by atoms with E-state index in [1.807, 2.05) is 6.92 Å². The molecule has 2 aliphatic heterocycles. The van der Waals surface area contributed by atoms with Crippen molar-refractivity contribution in [1.29, 1.82) is 0 Å². The molecule has 7 heteroatoms. The summed E-state index contributed by atoms with van der Waals surface area (Å²) in [7, 11) is 0. The fourth-order valence-corrected chi connectivity index (χ4v) is 3.47. The Hall–Kier alpha value is -0.600. The molecule has 2 rings (SSSR count). The van der Waals surface area contributed by atoms with Crippen molar-refractivity contribution in [3.05, 3.63) is 12.7 Å². The van der Waals surface area contributed by atoms with E-state index in [4.69, 9.17) is 4.74 Å². The van der Waals surface area contributed by atoms with Gasteiger partial charge in [-0.2, -0.15) is 0 Å². The third-order valence-corrected chi connectivity index (χ3v) is 4.35. The molecule has 108 valence electrons. The summed E-state index contributed by atoms with van der Waals surface area (Å²) < 4.78 is 5.70.